The number of benzene rings is 1. The highest BCUT2D eigenvalue weighted by atomic mass is 19.4. The van der Waals surface area contributed by atoms with E-state index in [1.54, 1.807) is 12.1 Å². The largest absolute Gasteiger partial charge is 0.418 e. The predicted molar refractivity (Wildman–Crippen MR) is 46.9 cm³/mol. The van der Waals surface area contributed by atoms with Crippen LogP contribution in [0.25, 0.3) is 0 Å². The molecular weight excluding hydrogens is 221 g/mol. The minimum Gasteiger partial charge on any atom is -0.379 e. The van der Waals surface area contributed by atoms with Crippen LogP contribution in [0.1, 0.15) is 22.8 Å². The lowest BCUT2D eigenvalue weighted by Gasteiger charge is -2.15. The fraction of sp³-hybridized carbons (Fsp3) is 0.200. The van der Waals surface area contributed by atoms with Crippen molar-refractivity contribution in [1.82, 2.24) is 0 Å². The van der Waals surface area contributed by atoms with Crippen LogP contribution in [0.15, 0.2) is 18.2 Å². The molecule has 0 fully saturated rings. The van der Waals surface area contributed by atoms with E-state index in [4.69, 9.17) is 15.6 Å². The summed E-state index contributed by atoms with van der Waals surface area (Å²) in [6.45, 7) is 0. The van der Waals surface area contributed by atoms with Crippen LogP contribution in [0.4, 0.5) is 13.2 Å². The maximum absolute atomic E-state index is 12.2. The molecule has 1 aromatic rings. The zero-order valence-corrected chi connectivity index (χ0v) is 7.78. The normalized spacial score (nSPS) is 12.6. The van der Waals surface area contributed by atoms with Crippen molar-refractivity contribution in [3.63, 3.8) is 0 Å². The Bertz CT molecular complexity index is 450. The molecule has 1 N–H and O–H groups in total. The fourth-order valence-electron chi connectivity index (χ4n) is 1.13. The Morgan fingerprint density at radius 3 is 1.81 bits per heavy atom. The van der Waals surface area contributed by atoms with Gasteiger partial charge in [-0.25, -0.2) is 0 Å². The second-order valence-corrected chi connectivity index (χ2v) is 3.01. The highest BCUT2D eigenvalue weighted by molar-refractivity contribution is 5.43. The summed E-state index contributed by atoms with van der Waals surface area (Å²) in [5.74, 6) is 0. The molecule has 0 saturated heterocycles. The summed E-state index contributed by atoms with van der Waals surface area (Å²) in [5.41, 5.74) is -0.710. The van der Waals surface area contributed by atoms with Gasteiger partial charge in [0, 0.05) is 0 Å². The smallest absolute Gasteiger partial charge is 0.379 e. The van der Waals surface area contributed by atoms with Crippen LogP contribution in [-0.2, 0) is 0 Å². The zero-order chi connectivity index (χ0) is 12.3. The van der Waals surface area contributed by atoms with Crippen LogP contribution in [0, 0.1) is 22.7 Å². The molecule has 0 aliphatic rings. The average molecular weight is 226 g/mol. The maximum atomic E-state index is 12.2. The van der Waals surface area contributed by atoms with Crippen LogP contribution in [-0.4, -0.2) is 11.3 Å². The molecule has 6 heteroatoms. The number of hydrogen-bond acceptors (Lipinski definition) is 3. The molecule has 0 radical (unpaired) electrons. The van der Waals surface area contributed by atoms with E-state index in [1.807, 2.05) is 0 Å². The molecule has 1 rings (SSSR count). The lowest BCUT2D eigenvalue weighted by atomic mass is 10.0. The summed E-state index contributed by atoms with van der Waals surface area (Å²) in [6.07, 6.45) is -7.51. The highest BCUT2D eigenvalue weighted by Crippen LogP contribution is 2.33. The summed E-state index contributed by atoms with van der Waals surface area (Å²) in [4.78, 5) is 0. The van der Waals surface area contributed by atoms with Gasteiger partial charge in [0.25, 0.3) is 0 Å². The second-order valence-electron chi connectivity index (χ2n) is 3.01. The van der Waals surface area contributed by atoms with E-state index >= 15 is 0 Å². The lowest BCUT2D eigenvalue weighted by Crippen LogP contribution is -2.20. The number of alkyl halides is 3. The Balaban J connectivity index is 3.26. The standard InChI is InChI=1S/C10H5F3N2O/c11-10(12,13)9(16)8-2-6(4-14)1-7(3-8)5-15/h1-3,9,16H. The molecule has 0 saturated carbocycles. The van der Waals surface area contributed by atoms with Crippen LogP contribution < -0.4 is 0 Å². The first-order chi connectivity index (χ1) is 7.38. The zero-order valence-electron chi connectivity index (χ0n) is 7.78. The predicted octanol–water partition coefficient (Wildman–Crippen LogP) is 2.03. The van der Waals surface area contributed by atoms with E-state index < -0.39 is 17.8 Å². The molecule has 0 bridgehead atoms. The number of rotatable bonds is 1. The Kier molecular flexibility index (Phi) is 3.17. The van der Waals surface area contributed by atoms with E-state index in [2.05, 4.69) is 0 Å². The van der Waals surface area contributed by atoms with Crippen molar-refractivity contribution in [3.05, 3.63) is 34.9 Å². The van der Waals surface area contributed by atoms with Gasteiger partial charge in [0.15, 0.2) is 6.10 Å². The van der Waals surface area contributed by atoms with Gasteiger partial charge in [0.1, 0.15) is 0 Å². The number of aliphatic hydroxyl groups is 1. The minimum absolute atomic E-state index is 0.0997. The van der Waals surface area contributed by atoms with Gasteiger partial charge in [-0.15, -0.1) is 0 Å². The van der Waals surface area contributed by atoms with Crippen LogP contribution in [0.3, 0.4) is 0 Å². The third-order valence-electron chi connectivity index (χ3n) is 1.84. The van der Waals surface area contributed by atoms with Crippen molar-refractivity contribution in [2.75, 3.05) is 0 Å². The quantitative estimate of drug-likeness (QED) is 0.796. The van der Waals surface area contributed by atoms with Crippen molar-refractivity contribution in [1.29, 1.82) is 10.5 Å². The van der Waals surface area contributed by atoms with Gasteiger partial charge in [-0.3, -0.25) is 0 Å². The van der Waals surface area contributed by atoms with Gasteiger partial charge in [0.2, 0.25) is 0 Å². The molecule has 1 atom stereocenters. The number of hydrogen-bond donors (Lipinski definition) is 1. The van der Waals surface area contributed by atoms with E-state index in [9.17, 15) is 13.2 Å². The van der Waals surface area contributed by atoms with Gasteiger partial charge < -0.3 is 5.11 Å². The third kappa shape index (κ3) is 2.50. The first-order valence-corrected chi connectivity index (χ1v) is 4.08. The molecule has 0 aromatic heterocycles. The van der Waals surface area contributed by atoms with E-state index in [-0.39, 0.29) is 11.1 Å². The number of aliphatic hydroxyl groups excluding tert-OH is 1. The molecule has 0 aliphatic carbocycles. The van der Waals surface area contributed by atoms with Crippen molar-refractivity contribution < 1.29 is 18.3 Å². The minimum atomic E-state index is -4.82. The lowest BCUT2D eigenvalue weighted by molar-refractivity contribution is -0.206. The van der Waals surface area contributed by atoms with E-state index in [0.29, 0.717) is 0 Å². The van der Waals surface area contributed by atoms with Crippen molar-refractivity contribution >= 4 is 0 Å². The van der Waals surface area contributed by atoms with E-state index in [1.165, 1.54) is 0 Å². The maximum Gasteiger partial charge on any atom is 0.418 e. The molecule has 0 heterocycles. The molecule has 1 unspecified atom stereocenters. The summed E-state index contributed by atoms with van der Waals surface area (Å²) < 4.78 is 36.6. The van der Waals surface area contributed by atoms with Crippen molar-refractivity contribution in [2.24, 2.45) is 0 Å². The number of nitrogens with zero attached hydrogens (tertiary/aromatic N) is 2. The van der Waals surface area contributed by atoms with Gasteiger partial charge in [-0.2, -0.15) is 23.7 Å². The SMILES string of the molecule is N#Cc1cc(C#N)cc(C(O)C(F)(F)F)c1. The first-order valence-electron chi connectivity index (χ1n) is 4.08. The topological polar surface area (TPSA) is 67.8 Å². The number of nitriles is 2. The summed E-state index contributed by atoms with van der Waals surface area (Å²) in [5, 5.41) is 26.0. The monoisotopic (exact) mass is 226 g/mol. The number of halogens is 3. The van der Waals surface area contributed by atoms with E-state index in [0.717, 1.165) is 18.2 Å². The van der Waals surface area contributed by atoms with Crippen LogP contribution in [0.5, 0.6) is 0 Å². The third-order valence-corrected chi connectivity index (χ3v) is 1.84. The van der Waals surface area contributed by atoms with Crippen LogP contribution in [0.2, 0.25) is 0 Å². The molecule has 0 amide bonds. The van der Waals surface area contributed by atoms with Gasteiger partial charge in [0.05, 0.1) is 23.3 Å². The molecule has 0 aliphatic heterocycles. The first kappa shape index (κ1) is 12.0. The van der Waals surface area contributed by atoms with Gasteiger partial charge >= 0.3 is 6.18 Å². The van der Waals surface area contributed by atoms with Crippen molar-refractivity contribution in [2.45, 2.75) is 12.3 Å². The van der Waals surface area contributed by atoms with Crippen LogP contribution >= 0.6 is 0 Å². The molecule has 3 nitrogen and oxygen atoms in total. The Hall–Kier alpha value is -2.05. The molecule has 16 heavy (non-hydrogen) atoms. The second kappa shape index (κ2) is 4.21. The average Bonchev–Trinajstić information content (AvgIpc) is 2.26. The molecule has 0 spiro atoms. The Morgan fingerprint density at radius 1 is 1.06 bits per heavy atom. The highest BCUT2D eigenvalue weighted by Gasteiger charge is 2.39. The molecule has 82 valence electrons. The Labute approximate surface area is 89.0 Å². The summed E-state index contributed by atoms with van der Waals surface area (Å²) >= 11 is 0. The Morgan fingerprint density at radius 2 is 1.50 bits per heavy atom. The van der Waals surface area contributed by atoms with Gasteiger partial charge in [-0.1, -0.05) is 0 Å². The van der Waals surface area contributed by atoms with Gasteiger partial charge in [-0.05, 0) is 23.8 Å². The summed E-state index contributed by atoms with van der Waals surface area (Å²) in [7, 11) is 0. The summed E-state index contributed by atoms with van der Waals surface area (Å²) in [6, 6.07) is 6.19. The fourth-order valence-corrected chi connectivity index (χ4v) is 1.13. The molecular formula is C10H5F3N2O. The molecule has 1 aromatic carbocycles. The van der Waals surface area contributed by atoms with Crippen molar-refractivity contribution in [3.8, 4) is 12.1 Å².